The molecule has 1 unspecified atom stereocenters. The number of aromatic nitrogens is 1. The van der Waals surface area contributed by atoms with Crippen LogP contribution in [0.25, 0.3) is 0 Å². The molecule has 4 N–H and O–H groups in total. The van der Waals surface area contributed by atoms with E-state index in [0.29, 0.717) is 28.3 Å². The lowest BCUT2D eigenvalue weighted by atomic mass is 9.49. The van der Waals surface area contributed by atoms with Crippen molar-refractivity contribution in [3.05, 3.63) is 10.6 Å². The third kappa shape index (κ3) is 4.51. The Morgan fingerprint density at radius 3 is 2.42 bits per heavy atom. The molecule has 0 aliphatic heterocycles. The van der Waals surface area contributed by atoms with Gasteiger partial charge in [-0.15, -0.1) is 11.3 Å². The van der Waals surface area contributed by atoms with Crippen LogP contribution in [-0.4, -0.2) is 28.4 Å². The lowest BCUT2D eigenvalue weighted by Gasteiger charge is -2.56. The maximum Gasteiger partial charge on any atom is 0.180 e. The van der Waals surface area contributed by atoms with E-state index in [0.717, 1.165) is 36.3 Å². The third-order valence-electron chi connectivity index (χ3n) is 10.6. The van der Waals surface area contributed by atoms with Crippen LogP contribution < -0.4 is 5.73 Å². The maximum atomic E-state index is 10.8. The molecular weight excluding hydrogens is 428 g/mol. The molecule has 1 aromatic heterocycles. The molecule has 8 atom stereocenters. The summed E-state index contributed by atoms with van der Waals surface area (Å²) in [6.07, 6.45) is 10.8. The summed E-state index contributed by atoms with van der Waals surface area (Å²) < 4.78 is 0. The number of thiazole rings is 1. The van der Waals surface area contributed by atoms with Gasteiger partial charge in [0.2, 0.25) is 0 Å². The molecule has 1 aromatic rings. The molecule has 3 aliphatic carbocycles. The van der Waals surface area contributed by atoms with Gasteiger partial charge in [0.25, 0.3) is 0 Å². The summed E-state index contributed by atoms with van der Waals surface area (Å²) in [7, 11) is 0. The van der Waals surface area contributed by atoms with Crippen molar-refractivity contribution in [2.24, 2.45) is 52.3 Å². The van der Waals surface area contributed by atoms with Crippen LogP contribution >= 0.6 is 11.3 Å². The minimum atomic E-state index is -0.00355. The number of rotatable bonds is 8. The van der Waals surface area contributed by atoms with Crippen molar-refractivity contribution in [1.82, 2.24) is 4.98 Å². The summed E-state index contributed by atoms with van der Waals surface area (Å²) in [6, 6.07) is 0. The normalized spacial score (nSPS) is 39.5. The molecule has 0 saturated heterocycles. The summed E-state index contributed by atoms with van der Waals surface area (Å²) in [4.78, 5) is 5.88. The Morgan fingerprint density at radius 1 is 1.03 bits per heavy atom. The van der Waals surface area contributed by atoms with Crippen LogP contribution in [0.5, 0.6) is 0 Å². The highest BCUT2D eigenvalue weighted by atomic mass is 32.1. The van der Waals surface area contributed by atoms with E-state index < -0.39 is 0 Å². The Hall–Kier alpha value is -0.650. The standard InChI is InChI=1S/C28H48N2O2S/c1-17(2)7-6-8-18(3)21-9-10-22-20(16-32)23(11-12-27(21,22)4)28(5)14-25-24(13-19(28)15-31)30-26(29)33-25/h17-23,31-32H,6-16H2,1-5H3,(H2,29,30)/t18?,19-,20+,21-,22+,23+,27-,28+/m1/s1. The molecule has 33 heavy (non-hydrogen) atoms. The molecule has 4 rings (SSSR count). The summed E-state index contributed by atoms with van der Waals surface area (Å²) in [5, 5.41) is 21.8. The van der Waals surface area contributed by atoms with Crippen molar-refractivity contribution < 1.29 is 10.2 Å². The van der Waals surface area contributed by atoms with Crippen LogP contribution in [-0.2, 0) is 12.8 Å². The fourth-order valence-electron chi connectivity index (χ4n) is 8.75. The van der Waals surface area contributed by atoms with Crippen LogP contribution in [0.2, 0.25) is 0 Å². The van der Waals surface area contributed by atoms with Gasteiger partial charge in [0.15, 0.2) is 5.13 Å². The van der Waals surface area contributed by atoms with Crippen molar-refractivity contribution in [3.63, 3.8) is 0 Å². The highest BCUT2D eigenvalue weighted by Gasteiger charge is 2.59. The zero-order chi connectivity index (χ0) is 24.0. The van der Waals surface area contributed by atoms with E-state index in [9.17, 15) is 10.2 Å². The van der Waals surface area contributed by atoms with Gasteiger partial charge in [-0.05, 0) is 90.8 Å². The smallest absolute Gasteiger partial charge is 0.180 e. The second-order valence-corrected chi connectivity index (χ2v) is 13.9. The Labute approximate surface area is 205 Å². The van der Waals surface area contributed by atoms with Crippen LogP contribution in [0.1, 0.15) is 90.1 Å². The summed E-state index contributed by atoms with van der Waals surface area (Å²) >= 11 is 1.63. The molecular formula is C28H48N2O2S. The lowest BCUT2D eigenvalue weighted by molar-refractivity contribution is -0.0937. The van der Waals surface area contributed by atoms with Crippen molar-refractivity contribution in [3.8, 4) is 0 Å². The lowest BCUT2D eigenvalue weighted by Crippen LogP contribution is -2.53. The number of nitrogen functional groups attached to an aromatic ring is 1. The first-order valence-electron chi connectivity index (χ1n) is 13.6. The van der Waals surface area contributed by atoms with E-state index in [1.807, 2.05) is 0 Å². The number of anilines is 1. The van der Waals surface area contributed by atoms with E-state index >= 15 is 0 Å². The van der Waals surface area contributed by atoms with Gasteiger partial charge in [0, 0.05) is 18.1 Å². The summed E-state index contributed by atoms with van der Waals surface area (Å²) in [5.74, 6) is 3.93. The number of nitrogens with two attached hydrogens (primary N) is 1. The van der Waals surface area contributed by atoms with Gasteiger partial charge in [-0.3, -0.25) is 0 Å². The molecule has 4 nitrogen and oxygen atoms in total. The van der Waals surface area contributed by atoms with Crippen LogP contribution in [0.3, 0.4) is 0 Å². The molecule has 1 heterocycles. The number of nitrogens with zero attached hydrogens (tertiary/aromatic N) is 1. The average Bonchev–Trinajstić information content (AvgIpc) is 3.29. The number of fused-ring (bicyclic) bond motifs is 2. The zero-order valence-corrected chi connectivity index (χ0v) is 22.5. The van der Waals surface area contributed by atoms with E-state index in [4.69, 9.17) is 5.73 Å². The molecule has 3 aliphatic rings. The molecule has 2 saturated carbocycles. The van der Waals surface area contributed by atoms with Crippen molar-refractivity contribution >= 4 is 16.5 Å². The monoisotopic (exact) mass is 476 g/mol. The highest BCUT2D eigenvalue weighted by molar-refractivity contribution is 7.15. The SMILES string of the molecule is CC(C)CCCC(C)[C@H]1CC[C@H]2[C@H](CO)[C@@H]([C@@]3(C)Cc4sc(N)nc4C[C@@H]3CO)CC[C@]12C. The van der Waals surface area contributed by atoms with Crippen LogP contribution in [0.4, 0.5) is 5.13 Å². The van der Waals surface area contributed by atoms with E-state index in [2.05, 4.69) is 39.6 Å². The Bertz CT molecular complexity index is 810. The first kappa shape index (κ1) is 25.4. The highest BCUT2D eigenvalue weighted by Crippen LogP contribution is 2.65. The predicted octanol–water partition coefficient (Wildman–Crippen LogP) is 5.95. The topological polar surface area (TPSA) is 79.4 Å². The zero-order valence-electron chi connectivity index (χ0n) is 21.6. The minimum Gasteiger partial charge on any atom is -0.396 e. The molecule has 0 radical (unpaired) electrons. The van der Waals surface area contributed by atoms with Gasteiger partial charge < -0.3 is 15.9 Å². The van der Waals surface area contributed by atoms with Crippen molar-refractivity contribution in [2.45, 2.75) is 92.4 Å². The van der Waals surface area contributed by atoms with Gasteiger partial charge in [-0.25, -0.2) is 4.98 Å². The first-order chi connectivity index (χ1) is 15.6. The van der Waals surface area contributed by atoms with Gasteiger partial charge in [-0.2, -0.15) is 0 Å². The molecule has 2 fully saturated rings. The molecule has 5 heteroatoms. The Kier molecular flexibility index (Phi) is 7.54. The molecule has 0 amide bonds. The number of aliphatic hydroxyl groups is 2. The second kappa shape index (κ2) is 9.78. The predicted molar refractivity (Wildman–Crippen MR) is 138 cm³/mol. The minimum absolute atomic E-state index is 0.00355. The first-order valence-corrected chi connectivity index (χ1v) is 14.4. The average molecular weight is 477 g/mol. The molecule has 0 aromatic carbocycles. The van der Waals surface area contributed by atoms with Crippen LogP contribution in [0.15, 0.2) is 0 Å². The van der Waals surface area contributed by atoms with Crippen molar-refractivity contribution in [2.75, 3.05) is 18.9 Å². The number of aliphatic hydroxyl groups excluding tert-OH is 2. The summed E-state index contributed by atoms with van der Waals surface area (Å²) in [5.41, 5.74) is 7.50. The van der Waals surface area contributed by atoms with Gasteiger partial charge in [0.1, 0.15) is 0 Å². The number of hydrogen-bond donors (Lipinski definition) is 3. The van der Waals surface area contributed by atoms with Gasteiger partial charge in [0.05, 0.1) is 5.69 Å². The van der Waals surface area contributed by atoms with Crippen LogP contribution in [0, 0.1) is 52.3 Å². The Morgan fingerprint density at radius 2 is 1.76 bits per heavy atom. The fourth-order valence-corrected chi connectivity index (χ4v) is 9.79. The van der Waals surface area contributed by atoms with E-state index in [1.54, 1.807) is 11.3 Å². The maximum absolute atomic E-state index is 10.8. The number of hydrogen-bond acceptors (Lipinski definition) is 5. The van der Waals surface area contributed by atoms with E-state index in [1.165, 1.54) is 49.8 Å². The van der Waals surface area contributed by atoms with Crippen molar-refractivity contribution in [1.29, 1.82) is 0 Å². The van der Waals surface area contributed by atoms with E-state index in [-0.39, 0.29) is 24.5 Å². The second-order valence-electron chi connectivity index (χ2n) is 12.8. The molecule has 0 spiro atoms. The van der Waals surface area contributed by atoms with Gasteiger partial charge in [-0.1, -0.05) is 53.9 Å². The fraction of sp³-hybridized carbons (Fsp3) is 0.893. The quantitative estimate of drug-likeness (QED) is 0.433. The molecule has 188 valence electrons. The summed E-state index contributed by atoms with van der Waals surface area (Å²) in [6.45, 7) is 12.6. The third-order valence-corrected chi connectivity index (χ3v) is 11.6. The largest absolute Gasteiger partial charge is 0.396 e. The Balaban J connectivity index is 1.54. The van der Waals surface area contributed by atoms with Gasteiger partial charge >= 0.3 is 0 Å². The molecule has 0 bridgehead atoms.